The van der Waals surface area contributed by atoms with Crippen molar-refractivity contribution in [3.8, 4) is 0 Å². The molecule has 0 bridgehead atoms. The molecule has 1 unspecified atom stereocenters. The second kappa shape index (κ2) is 5.65. The minimum absolute atomic E-state index is 0.142. The molecule has 0 amide bonds. The van der Waals surface area contributed by atoms with Crippen LogP contribution in [0.15, 0.2) is 30.3 Å². The van der Waals surface area contributed by atoms with Gasteiger partial charge in [-0.1, -0.05) is 43.2 Å². The molecule has 94 valence electrons. The molecule has 0 aromatic heterocycles. The maximum Gasteiger partial charge on any atom is 0.0586 e. The minimum atomic E-state index is -0.142. The van der Waals surface area contributed by atoms with Crippen molar-refractivity contribution in [2.75, 3.05) is 14.1 Å². The molecule has 0 spiro atoms. The highest BCUT2D eigenvalue weighted by molar-refractivity contribution is 5.20. The van der Waals surface area contributed by atoms with Crippen LogP contribution in [0.4, 0.5) is 0 Å². The molecule has 0 heterocycles. The zero-order valence-electron chi connectivity index (χ0n) is 10.8. The van der Waals surface area contributed by atoms with Crippen molar-refractivity contribution in [2.24, 2.45) is 5.92 Å². The van der Waals surface area contributed by atoms with Crippen LogP contribution in [0.25, 0.3) is 0 Å². The van der Waals surface area contributed by atoms with Gasteiger partial charge in [0.2, 0.25) is 0 Å². The Bertz CT molecular complexity index is 336. The summed E-state index contributed by atoms with van der Waals surface area (Å²) in [5.41, 5.74) is 1.32. The van der Waals surface area contributed by atoms with E-state index in [-0.39, 0.29) is 6.10 Å². The van der Waals surface area contributed by atoms with Gasteiger partial charge in [0, 0.05) is 12.0 Å². The van der Waals surface area contributed by atoms with Crippen LogP contribution in [0.5, 0.6) is 0 Å². The summed E-state index contributed by atoms with van der Waals surface area (Å²) in [6.07, 6.45) is 4.38. The molecule has 1 aliphatic rings. The lowest BCUT2D eigenvalue weighted by Gasteiger charge is -2.38. The summed E-state index contributed by atoms with van der Waals surface area (Å²) in [5.74, 6) is 0.376. The summed E-state index contributed by atoms with van der Waals surface area (Å²) in [7, 11) is 4.22. The van der Waals surface area contributed by atoms with Crippen molar-refractivity contribution in [2.45, 2.75) is 37.8 Å². The molecule has 1 aromatic rings. The largest absolute Gasteiger partial charge is 0.393 e. The van der Waals surface area contributed by atoms with Gasteiger partial charge < -0.3 is 10.0 Å². The summed E-state index contributed by atoms with van der Waals surface area (Å²) < 4.78 is 0. The Hall–Kier alpha value is -0.860. The van der Waals surface area contributed by atoms with E-state index in [1.165, 1.54) is 18.4 Å². The standard InChI is InChI=1S/C15H23NO/c1-16(2)15(12-8-4-3-5-9-12)13-10-6-7-11-14(13)17/h3-5,8-9,13-15,17H,6-7,10-11H2,1-2H3/t13-,14+,15?/m1/s1. The van der Waals surface area contributed by atoms with Gasteiger partial charge in [-0.25, -0.2) is 0 Å². The lowest BCUT2D eigenvalue weighted by atomic mass is 9.78. The highest BCUT2D eigenvalue weighted by Gasteiger charge is 2.32. The lowest BCUT2D eigenvalue weighted by molar-refractivity contribution is 0.0221. The molecular formula is C15H23NO. The van der Waals surface area contributed by atoms with Crippen LogP contribution in [-0.2, 0) is 0 Å². The fourth-order valence-corrected chi connectivity index (χ4v) is 3.09. The van der Waals surface area contributed by atoms with Crippen LogP contribution >= 0.6 is 0 Å². The Balaban J connectivity index is 2.22. The van der Waals surface area contributed by atoms with Crippen LogP contribution in [0.1, 0.15) is 37.3 Å². The number of aliphatic hydroxyl groups is 1. The Kier molecular flexibility index (Phi) is 4.19. The van der Waals surface area contributed by atoms with Gasteiger partial charge in [0.25, 0.3) is 0 Å². The summed E-state index contributed by atoms with van der Waals surface area (Å²) in [4.78, 5) is 2.24. The Labute approximate surface area is 104 Å². The highest BCUT2D eigenvalue weighted by Crippen LogP contribution is 2.37. The number of aliphatic hydroxyl groups excluding tert-OH is 1. The number of hydrogen-bond donors (Lipinski definition) is 1. The van der Waals surface area contributed by atoms with Crippen LogP contribution in [-0.4, -0.2) is 30.2 Å². The number of benzene rings is 1. The first-order valence-electron chi connectivity index (χ1n) is 6.59. The van der Waals surface area contributed by atoms with Gasteiger partial charge in [0.15, 0.2) is 0 Å². The van der Waals surface area contributed by atoms with Crippen molar-refractivity contribution in [3.63, 3.8) is 0 Å². The minimum Gasteiger partial charge on any atom is -0.393 e. The average molecular weight is 233 g/mol. The molecule has 1 fully saturated rings. The SMILES string of the molecule is CN(C)C(c1ccccc1)[C@@H]1CCCC[C@@H]1O. The maximum absolute atomic E-state index is 10.2. The lowest BCUT2D eigenvalue weighted by Crippen LogP contribution is -2.36. The predicted octanol–water partition coefficient (Wildman–Crippen LogP) is 2.84. The molecule has 2 heteroatoms. The number of hydrogen-bond acceptors (Lipinski definition) is 2. The molecule has 17 heavy (non-hydrogen) atoms. The van der Waals surface area contributed by atoms with E-state index < -0.39 is 0 Å². The van der Waals surface area contributed by atoms with E-state index in [0.717, 1.165) is 12.8 Å². The topological polar surface area (TPSA) is 23.5 Å². The molecular weight excluding hydrogens is 210 g/mol. The third-order valence-corrected chi connectivity index (χ3v) is 3.88. The predicted molar refractivity (Wildman–Crippen MR) is 70.8 cm³/mol. The first-order valence-corrected chi connectivity index (χ1v) is 6.59. The van der Waals surface area contributed by atoms with Crippen LogP contribution < -0.4 is 0 Å². The monoisotopic (exact) mass is 233 g/mol. The molecule has 3 atom stereocenters. The quantitative estimate of drug-likeness (QED) is 0.867. The number of nitrogens with zero attached hydrogens (tertiary/aromatic N) is 1. The van der Waals surface area contributed by atoms with E-state index in [0.29, 0.717) is 12.0 Å². The molecule has 1 N–H and O–H groups in total. The summed E-state index contributed by atoms with van der Waals surface area (Å²) in [6, 6.07) is 10.9. The molecule has 1 aliphatic carbocycles. The maximum atomic E-state index is 10.2. The van der Waals surface area contributed by atoms with Gasteiger partial charge in [-0.05, 0) is 32.5 Å². The van der Waals surface area contributed by atoms with Crippen LogP contribution in [0, 0.1) is 5.92 Å². The molecule has 1 aromatic carbocycles. The van der Waals surface area contributed by atoms with Gasteiger partial charge in [-0.3, -0.25) is 0 Å². The third-order valence-electron chi connectivity index (χ3n) is 3.88. The van der Waals surface area contributed by atoms with Gasteiger partial charge in [0.05, 0.1) is 6.10 Å². The van der Waals surface area contributed by atoms with Gasteiger partial charge >= 0.3 is 0 Å². The van der Waals surface area contributed by atoms with E-state index >= 15 is 0 Å². The van der Waals surface area contributed by atoms with Crippen molar-refractivity contribution >= 4 is 0 Å². The van der Waals surface area contributed by atoms with Gasteiger partial charge in [-0.15, -0.1) is 0 Å². The van der Waals surface area contributed by atoms with Crippen LogP contribution in [0.2, 0.25) is 0 Å². The molecule has 2 rings (SSSR count). The second-order valence-corrected chi connectivity index (χ2v) is 5.33. The van der Waals surface area contributed by atoms with E-state index in [2.05, 4.69) is 43.3 Å². The Morgan fingerprint density at radius 3 is 2.35 bits per heavy atom. The number of rotatable bonds is 3. The highest BCUT2D eigenvalue weighted by atomic mass is 16.3. The third kappa shape index (κ3) is 2.88. The second-order valence-electron chi connectivity index (χ2n) is 5.33. The molecule has 0 aliphatic heterocycles. The fraction of sp³-hybridized carbons (Fsp3) is 0.600. The zero-order valence-corrected chi connectivity index (χ0v) is 10.8. The van der Waals surface area contributed by atoms with Crippen molar-refractivity contribution < 1.29 is 5.11 Å². The summed E-state index contributed by atoms with van der Waals surface area (Å²) in [5, 5.41) is 10.2. The van der Waals surface area contributed by atoms with E-state index in [4.69, 9.17) is 0 Å². The summed E-state index contributed by atoms with van der Waals surface area (Å²) in [6.45, 7) is 0. The molecule has 0 saturated heterocycles. The van der Waals surface area contributed by atoms with Crippen molar-refractivity contribution in [1.82, 2.24) is 4.90 Å². The Morgan fingerprint density at radius 1 is 1.12 bits per heavy atom. The van der Waals surface area contributed by atoms with E-state index in [1.54, 1.807) is 0 Å². The van der Waals surface area contributed by atoms with Crippen molar-refractivity contribution in [3.05, 3.63) is 35.9 Å². The molecule has 0 radical (unpaired) electrons. The molecule has 2 nitrogen and oxygen atoms in total. The zero-order chi connectivity index (χ0) is 12.3. The van der Waals surface area contributed by atoms with Crippen LogP contribution in [0.3, 0.4) is 0 Å². The first-order chi connectivity index (χ1) is 8.20. The van der Waals surface area contributed by atoms with Gasteiger partial charge in [-0.2, -0.15) is 0 Å². The van der Waals surface area contributed by atoms with E-state index in [9.17, 15) is 5.11 Å². The van der Waals surface area contributed by atoms with Crippen molar-refractivity contribution in [1.29, 1.82) is 0 Å². The normalized spacial score (nSPS) is 27.1. The Morgan fingerprint density at radius 2 is 1.76 bits per heavy atom. The first kappa shape index (κ1) is 12.6. The van der Waals surface area contributed by atoms with Gasteiger partial charge in [0.1, 0.15) is 0 Å². The molecule has 1 saturated carbocycles. The average Bonchev–Trinajstić information content (AvgIpc) is 2.33. The van der Waals surface area contributed by atoms with E-state index in [1.807, 2.05) is 6.07 Å². The fourth-order valence-electron chi connectivity index (χ4n) is 3.09. The summed E-state index contributed by atoms with van der Waals surface area (Å²) >= 11 is 0. The smallest absolute Gasteiger partial charge is 0.0586 e.